The molecule has 0 aliphatic carbocycles. The summed E-state index contributed by atoms with van der Waals surface area (Å²) in [6.45, 7) is 1.22. The van der Waals surface area contributed by atoms with Crippen LogP contribution in [-0.4, -0.2) is 34.0 Å². The van der Waals surface area contributed by atoms with Crippen LogP contribution in [0.3, 0.4) is 0 Å². The van der Waals surface area contributed by atoms with Gasteiger partial charge in [0.2, 0.25) is 5.89 Å². The fourth-order valence-corrected chi connectivity index (χ4v) is 3.42. The summed E-state index contributed by atoms with van der Waals surface area (Å²) in [6, 6.07) is 15.6. The highest BCUT2D eigenvalue weighted by atomic mass is 19.1. The predicted molar refractivity (Wildman–Crippen MR) is 97.8 cm³/mol. The van der Waals surface area contributed by atoms with E-state index in [4.69, 9.17) is 4.52 Å². The molecule has 0 bridgehead atoms. The van der Waals surface area contributed by atoms with Gasteiger partial charge in [0.15, 0.2) is 5.82 Å². The maximum absolute atomic E-state index is 13.1. The van der Waals surface area contributed by atoms with Crippen LogP contribution in [0.5, 0.6) is 0 Å². The summed E-state index contributed by atoms with van der Waals surface area (Å²) in [4.78, 5) is 19.0. The average molecular weight is 365 g/mol. The zero-order chi connectivity index (χ0) is 18.6. The lowest BCUT2D eigenvalue weighted by Gasteiger charge is -2.31. The van der Waals surface area contributed by atoms with Gasteiger partial charge in [-0.25, -0.2) is 4.39 Å². The second-order valence-electron chi connectivity index (χ2n) is 6.81. The Balaban J connectivity index is 1.44. The van der Waals surface area contributed by atoms with E-state index in [0.29, 0.717) is 36.8 Å². The smallest absolute Gasteiger partial charge is 0.253 e. The Bertz CT molecular complexity index is 909. The van der Waals surface area contributed by atoms with Gasteiger partial charge in [-0.15, -0.1) is 0 Å². The Hall–Kier alpha value is -3.02. The molecule has 1 amide bonds. The molecule has 0 saturated carbocycles. The standard InChI is InChI=1S/C21H20FN3O2/c22-18-10-8-16(9-11-18)21(26)25-12-4-7-17(14-25)20-23-19(27-24-20)13-15-5-2-1-3-6-15/h1-3,5-6,8-11,17H,4,7,12-14H2. The number of aromatic nitrogens is 2. The molecule has 1 atom stereocenters. The number of likely N-dealkylation sites (tertiary alicyclic amines) is 1. The average Bonchev–Trinajstić information content (AvgIpc) is 3.17. The van der Waals surface area contributed by atoms with Crippen LogP contribution < -0.4 is 0 Å². The fraction of sp³-hybridized carbons (Fsp3) is 0.286. The van der Waals surface area contributed by atoms with E-state index >= 15 is 0 Å². The number of hydrogen-bond acceptors (Lipinski definition) is 4. The van der Waals surface area contributed by atoms with Gasteiger partial charge in [0, 0.05) is 24.6 Å². The molecule has 1 fully saturated rings. The van der Waals surface area contributed by atoms with Crippen LogP contribution in [0.4, 0.5) is 4.39 Å². The zero-order valence-electron chi connectivity index (χ0n) is 14.8. The fourth-order valence-electron chi connectivity index (χ4n) is 3.42. The first-order valence-corrected chi connectivity index (χ1v) is 9.10. The number of hydrogen-bond donors (Lipinski definition) is 0. The van der Waals surface area contributed by atoms with Gasteiger partial charge < -0.3 is 9.42 Å². The summed E-state index contributed by atoms with van der Waals surface area (Å²) < 4.78 is 18.5. The monoisotopic (exact) mass is 365 g/mol. The van der Waals surface area contributed by atoms with Gasteiger partial charge in [-0.05, 0) is 42.7 Å². The van der Waals surface area contributed by atoms with Crippen LogP contribution in [0, 0.1) is 5.82 Å². The highest BCUT2D eigenvalue weighted by Gasteiger charge is 2.28. The molecule has 27 heavy (non-hydrogen) atoms. The number of piperidine rings is 1. The van der Waals surface area contributed by atoms with Crippen molar-refractivity contribution in [3.05, 3.63) is 83.3 Å². The van der Waals surface area contributed by atoms with Crippen LogP contribution in [0.25, 0.3) is 0 Å². The SMILES string of the molecule is O=C(c1ccc(F)cc1)N1CCCC(c2noc(Cc3ccccc3)n2)C1. The minimum Gasteiger partial charge on any atom is -0.339 e. The minimum absolute atomic E-state index is 0.0522. The number of carbonyl (C=O) groups excluding carboxylic acids is 1. The van der Waals surface area contributed by atoms with Gasteiger partial charge in [0.05, 0.1) is 6.42 Å². The van der Waals surface area contributed by atoms with Crippen LogP contribution >= 0.6 is 0 Å². The summed E-state index contributed by atoms with van der Waals surface area (Å²) in [6.07, 6.45) is 2.39. The molecule has 3 aromatic rings. The first-order chi connectivity index (χ1) is 13.2. The quantitative estimate of drug-likeness (QED) is 0.705. The van der Waals surface area contributed by atoms with Gasteiger partial charge in [-0.1, -0.05) is 35.5 Å². The van der Waals surface area contributed by atoms with Crippen molar-refractivity contribution in [3.8, 4) is 0 Å². The Labute approximate surface area is 156 Å². The van der Waals surface area contributed by atoms with Gasteiger partial charge in [-0.2, -0.15) is 4.98 Å². The van der Waals surface area contributed by atoms with Crippen LogP contribution in [-0.2, 0) is 6.42 Å². The van der Waals surface area contributed by atoms with Crippen LogP contribution in [0.2, 0.25) is 0 Å². The first kappa shape index (κ1) is 17.4. The van der Waals surface area contributed by atoms with E-state index in [0.717, 1.165) is 18.4 Å². The van der Waals surface area contributed by atoms with Crippen molar-refractivity contribution in [2.45, 2.75) is 25.2 Å². The molecule has 0 N–H and O–H groups in total. The molecular weight excluding hydrogens is 345 g/mol. The Kier molecular flexibility index (Phi) is 4.96. The lowest BCUT2D eigenvalue weighted by molar-refractivity contribution is 0.0703. The molecule has 4 rings (SSSR count). The van der Waals surface area contributed by atoms with E-state index in [9.17, 15) is 9.18 Å². The van der Waals surface area contributed by atoms with Gasteiger partial charge in [-0.3, -0.25) is 4.79 Å². The van der Waals surface area contributed by atoms with E-state index in [1.54, 1.807) is 4.90 Å². The largest absolute Gasteiger partial charge is 0.339 e. The molecule has 2 heterocycles. The third kappa shape index (κ3) is 4.05. The van der Waals surface area contributed by atoms with Gasteiger partial charge in [0.25, 0.3) is 5.91 Å². The third-order valence-corrected chi connectivity index (χ3v) is 4.85. The number of carbonyl (C=O) groups is 1. The maximum Gasteiger partial charge on any atom is 0.253 e. The number of benzene rings is 2. The van der Waals surface area contributed by atoms with Crippen molar-refractivity contribution in [1.82, 2.24) is 15.0 Å². The van der Waals surface area contributed by atoms with E-state index in [-0.39, 0.29) is 17.6 Å². The number of nitrogens with zero attached hydrogens (tertiary/aromatic N) is 3. The molecule has 2 aromatic carbocycles. The molecule has 1 aliphatic rings. The summed E-state index contributed by atoms with van der Waals surface area (Å²) in [5.74, 6) is 0.848. The molecule has 1 unspecified atom stereocenters. The third-order valence-electron chi connectivity index (χ3n) is 4.85. The summed E-state index contributed by atoms with van der Waals surface area (Å²) >= 11 is 0. The van der Waals surface area contributed by atoms with Crippen molar-refractivity contribution in [2.24, 2.45) is 0 Å². The molecular formula is C21H20FN3O2. The lowest BCUT2D eigenvalue weighted by atomic mass is 9.96. The number of halogens is 1. The topological polar surface area (TPSA) is 59.2 Å². The lowest BCUT2D eigenvalue weighted by Crippen LogP contribution is -2.39. The molecule has 5 nitrogen and oxygen atoms in total. The molecule has 0 radical (unpaired) electrons. The molecule has 138 valence electrons. The molecule has 0 spiro atoms. The molecule has 1 saturated heterocycles. The highest BCUT2D eigenvalue weighted by molar-refractivity contribution is 5.94. The Morgan fingerprint density at radius 3 is 2.70 bits per heavy atom. The number of rotatable bonds is 4. The Morgan fingerprint density at radius 1 is 1.15 bits per heavy atom. The van der Waals surface area contributed by atoms with E-state index in [1.807, 2.05) is 30.3 Å². The second-order valence-corrected chi connectivity index (χ2v) is 6.81. The van der Waals surface area contributed by atoms with Gasteiger partial charge in [0.1, 0.15) is 5.82 Å². The van der Waals surface area contributed by atoms with Crippen molar-refractivity contribution < 1.29 is 13.7 Å². The maximum atomic E-state index is 13.1. The summed E-state index contributed by atoms with van der Waals surface area (Å²) in [5, 5.41) is 4.14. The van der Waals surface area contributed by atoms with E-state index < -0.39 is 0 Å². The zero-order valence-corrected chi connectivity index (χ0v) is 14.8. The first-order valence-electron chi connectivity index (χ1n) is 9.10. The molecule has 1 aromatic heterocycles. The van der Waals surface area contributed by atoms with Crippen molar-refractivity contribution in [2.75, 3.05) is 13.1 Å². The van der Waals surface area contributed by atoms with Crippen molar-refractivity contribution in [1.29, 1.82) is 0 Å². The van der Waals surface area contributed by atoms with Gasteiger partial charge >= 0.3 is 0 Å². The van der Waals surface area contributed by atoms with E-state index in [2.05, 4.69) is 10.1 Å². The molecule has 1 aliphatic heterocycles. The van der Waals surface area contributed by atoms with E-state index in [1.165, 1.54) is 24.3 Å². The minimum atomic E-state index is -0.346. The van der Waals surface area contributed by atoms with Crippen molar-refractivity contribution >= 4 is 5.91 Å². The predicted octanol–water partition coefficient (Wildman–Crippen LogP) is 3.82. The Morgan fingerprint density at radius 2 is 1.93 bits per heavy atom. The molecule has 6 heteroatoms. The van der Waals surface area contributed by atoms with Crippen molar-refractivity contribution in [3.63, 3.8) is 0 Å². The summed E-state index contributed by atoms with van der Waals surface area (Å²) in [7, 11) is 0. The normalized spacial score (nSPS) is 17.1. The second kappa shape index (κ2) is 7.70. The van der Waals surface area contributed by atoms with Crippen LogP contribution in [0.15, 0.2) is 59.1 Å². The summed E-state index contributed by atoms with van der Waals surface area (Å²) in [5.41, 5.74) is 1.61. The highest BCUT2D eigenvalue weighted by Crippen LogP contribution is 2.26. The number of amides is 1. The van der Waals surface area contributed by atoms with Crippen LogP contribution in [0.1, 0.15) is 46.4 Å².